The van der Waals surface area contributed by atoms with Gasteiger partial charge in [-0.2, -0.15) is 0 Å². The third-order valence-corrected chi connectivity index (χ3v) is 7.55. The van der Waals surface area contributed by atoms with E-state index < -0.39 is 0 Å². The van der Waals surface area contributed by atoms with E-state index in [0.29, 0.717) is 5.41 Å². The lowest BCUT2D eigenvalue weighted by Crippen LogP contribution is -2.46. The zero-order valence-corrected chi connectivity index (χ0v) is 16.8. The molecule has 0 radical (unpaired) electrons. The van der Waals surface area contributed by atoms with Gasteiger partial charge in [0.1, 0.15) is 5.75 Å². The molecule has 0 spiro atoms. The SMILES string of the molecule is CC(=O)c1ccc(-c2ccc(OCCC34CC5CC(CC(C5)C3)C4)cc2)cc1. The molecule has 4 bridgehead atoms. The van der Waals surface area contributed by atoms with Crippen molar-refractivity contribution in [3.05, 3.63) is 54.1 Å². The Morgan fingerprint density at radius 3 is 1.86 bits per heavy atom. The minimum atomic E-state index is 0.106. The van der Waals surface area contributed by atoms with Crippen LogP contribution in [0.1, 0.15) is 62.2 Å². The van der Waals surface area contributed by atoms with Gasteiger partial charge in [0.2, 0.25) is 0 Å². The van der Waals surface area contributed by atoms with Crippen molar-refractivity contribution >= 4 is 5.78 Å². The summed E-state index contributed by atoms with van der Waals surface area (Å²) >= 11 is 0. The van der Waals surface area contributed by atoms with Crippen LogP contribution in [0.15, 0.2) is 48.5 Å². The maximum Gasteiger partial charge on any atom is 0.159 e. The van der Waals surface area contributed by atoms with Gasteiger partial charge in [-0.05, 0) is 98.3 Å². The summed E-state index contributed by atoms with van der Waals surface area (Å²) in [5, 5.41) is 0. The molecule has 2 nitrogen and oxygen atoms in total. The van der Waals surface area contributed by atoms with Gasteiger partial charge in [0.15, 0.2) is 5.78 Å². The highest BCUT2D eigenvalue weighted by Gasteiger charge is 2.50. The number of hydrogen-bond donors (Lipinski definition) is 0. The minimum absolute atomic E-state index is 0.106. The highest BCUT2D eigenvalue weighted by molar-refractivity contribution is 5.94. The van der Waals surface area contributed by atoms with Crippen LogP contribution in [0, 0.1) is 23.2 Å². The lowest BCUT2D eigenvalue weighted by Gasteiger charge is -2.57. The third kappa shape index (κ3) is 3.50. The molecule has 4 fully saturated rings. The topological polar surface area (TPSA) is 26.3 Å². The van der Waals surface area contributed by atoms with Gasteiger partial charge in [0.05, 0.1) is 6.61 Å². The second kappa shape index (κ2) is 7.06. The van der Waals surface area contributed by atoms with E-state index in [1.54, 1.807) is 6.92 Å². The fourth-order valence-electron chi connectivity index (χ4n) is 6.62. The Morgan fingerprint density at radius 2 is 1.36 bits per heavy atom. The Morgan fingerprint density at radius 1 is 0.857 bits per heavy atom. The minimum Gasteiger partial charge on any atom is -0.494 e. The van der Waals surface area contributed by atoms with E-state index in [0.717, 1.165) is 46.8 Å². The molecule has 4 aliphatic carbocycles. The summed E-state index contributed by atoms with van der Waals surface area (Å²) in [7, 11) is 0. The molecule has 4 aliphatic rings. The van der Waals surface area contributed by atoms with E-state index in [1.807, 2.05) is 24.3 Å². The first-order valence-electron chi connectivity index (χ1n) is 10.9. The molecular formula is C26H30O2. The first-order valence-corrected chi connectivity index (χ1v) is 10.9. The summed E-state index contributed by atoms with van der Waals surface area (Å²) in [5.41, 5.74) is 3.63. The number of rotatable bonds is 6. The Hall–Kier alpha value is -2.09. The van der Waals surface area contributed by atoms with Crippen molar-refractivity contribution in [1.82, 2.24) is 0 Å². The van der Waals surface area contributed by atoms with Crippen LogP contribution < -0.4 is 4.74 Å². The van der Waals surface area contributed by atoms with Crippen molar-refractivity contribution in [2.24, 2.45) is 23.2 Å². The number of benzene rings is 2. The molecule has 146 valence electrons. The van der Waals surface area contributed by atoms with E-state index in [9.17, 15) is 4.79 Å². The molecule has 0 aliphatic heterocycles. The Balaban J connectivity index is 1.18. The van der Waals surface area contributed by atoms with Gasteiger partial charge in [0.25, 0.3) is 0 Å². The molecule has 28 heavy (non-hydrogen) atoms. The predicted molar refractivity (Wildman–Crippen MR) is 113 cm³/mol. The van der Waals surface area contributed by atoms with Crippen molar-refractivity contribution in [3.63, 3.8) is 0 Å². The first-order chi connectivity index (χ1) is 13.6. The maximum atomic E-state index is 11.4. The van der Waals surface area contributed by atoms with E-state index in [4.69, 9.17) is 4.74 Å². The van der Waals surface area contributed by atoms with Crippen LogP contribution in [-0.2, 0) is 0 Å². The van der Waals surface area contributed by atoms with Crippen molar-refractivity contribution < 1.29 is 9.53 Å². The summed E-state index contributed by atoms with van der Waals surface area (Å²) in [4.78, 5) is 11.4. The van der Waals surface area contributed by atoms with Crippen LogP contribution in [0.5, 0.6) is 5.75 Å². The highest BCUT2D eigenvalue weighted by Crippen LogP contribution is 2.61. The maximum absolute atomic E-state index is 11.4. The molecule has 6 rings (SSSR count). The molecule has 2 heteroatoms. The van der Waals surface area contributed by atoms with Crippen LogP contribution in [-0.4, -0.2) is 12.4 Å². The molecule has 0 aromatic heterocycles. The number of ether oxygens (including phenoxy) is 1. The van der Waals surface area contributed by atoms with Crippen molar-refractivity contribution in [1.29, 1.82) is 0 Å². The smallest absolute Gasteiger partial charge is 0.159 e. The van der Waals surface area contributed by atoms with Gasteiger partial charge in [-0.1, -0.05) is 36.4 Å². The molecule has 2 aromatic carbocycles. The molecule has 2 aromatic rings. The van der Waals surface area contributed by atoms with Crippen LogP contribution in [0.4, 0.5) is 0 Å². The summed E-state index contributed by atoms with van der Waals surface area (Å²) < 4.78 is 6.14. The van der Waals surface area contributed by atoms with E-state index >= 15 is 0 Å². The van der Waals surface area contributed by atoms with Gasteiger partial charge in [0, 0.05) is 5.56 Å². The Bertz CT molecular complexity index is 812. The lowest BCUT2D eigenvalue weighted by molar-refractivity contribution is -0.0622. The number of carbonyl (C=O) groups is 1. The molecule has 0 unspecified atom stereocenters. The predicted octanol–water partition coefficient (Wildman–Crippen LogP) is 6.54. The molecule has 0 atom stereocenters. The fraction of sp³-hybridized carbons (Fsp3) is 0.500. The van der Waals surface area contributed by atoms with Crippen molar-refractivity contribution in [3.8, 4) is 16.9 Å². The second-order valence-corrected chi connectivity index (χ2v) is 9.67. The fourth-order valence-corrected chi connectivity index (χ4v) is 6.62. The van der Waals surface area contributed by atoms with Gasteiger partial charge in [-0.25, -0.2) is 0 Å². The van der Waals surface area contributed by atoms with Crippen molar-refractivity contribution in [2.45, 2.75) is 51.9 Å². The largest absolute Gasteiger partial charge is 0.494 e. The molecule has 0 N–H and O–H groups in total. The van der Waals surface area contributed by atoms with Crippen LogP contribution >= 0.6 is 0 Å². The van der Waals surface area contributed by atoms with Crippen LogP contribution in [0.3, 0.4) is 0 Å². The average Bonchev–Trinajstić information content (AvgIpc) is 2.67. The Kier molecular flexibility index (Phi) is 4.53. The number of Topliss-reactive ketones (excluding diaryl/α,β-unsaturated/α-hetero) is 1. The van der Waals surface area contributed by atoms with Gasteiger partial charge in [-0.15, -0.1) is 0 Å². The summed E-state index contributed by atoms with van der Waals surface area (Å²) in [6.07, 6.45) is 10.1. The van der Waals surface area contributed by atoms with E-state index in [-0.39, 0.29) is 5.78 Å². The summed E-state index contributed by atoms with van der Waals surface area (Å²) in [5.74, 6) is 4.11. The highest BCUT2D eigenvalue weighted by atomic mass is 16.5. The van der Waals surface area contributed by atoms with E-state index in [2.05, 4.69) is 24.3 Å². The summed E-state index contributed by atoms with van der Waals surface area (Å²) in [6.45, 7) is 2.45. The number of hydrogen-bond acceptors (Lipinski definition) is 2. The second-order valence-electron chi connectivity index (χ2n) is 9.67. The van der Waals surface area contributed by atoms with Crippen LogP contribution in [0.2, 0.25) is 0 Å². The molecule has 0 amide bonds. The van der Waals surface area contributed by atoms with E-state index in [1.165, 1.54) is 44.9 Å². The Labute approximate surface area is 168 Å². The first kappa shape index (κ1) is 18.0. The summed E-state index contributed by atoms with van der Waals surface area (Å²) in [6, 6.07) is 16.2. The number of carbonyl (C=O) groups excluding carboxylic acids is 1. The van der Waals surface area contributed by atoms with Crippen LogP contribution in [0.25, 0.3) is 11.1 Å². The lowest BCUT2D eigenvalue weighted by atomic mass is 9.49. The molecule has 4 saturated carbocycles. The van der Waals surface area contributed by atoms with Gasteiger partial charge >= 0.3 is 0 Å². The van der Waals surface area contributed by atoms with Gasteiger partial charge < -0.3 is 4.74 Å². The van der Waals surface area contributed by atoms with Crippen molar-refractivity contribution in [2.75, 3.05) is 6.61 Å². The van der Waals surface area contributed by atoms with Gasteiger partial charge in [-0.3, -0.25) is 4.79 Å². The molecular weight excluding hydrogens is 344 g/mol. The monoisotopic (exact) mass is 374 g/mol. The quantitative estimate of drug-likeness (QED) is 0.537. The number of ketones is 1. The molecule has 0 heterocycles. The zero-order valence-electron chi connectivity index (χ0n) is 16.8. The molecule has 0 saturated heterocycles. The third-order valence-electron chi connectivity index (χ3n) is 7.55. The zero-order chi connectivity index (χ0) is 19.1. The average molecular weight is 375 g/mol. The normalized spacial score (nSPS) is 30.4. The standard InChI is InChI=1S/C26H30O2/c1-18(27)22-2-4-23(5-3-22)24-6-8-25(9-7-24)28-11-10-26-15-19-12-20(16-26)14-21(13-19)17-26/h2-9,19-21H,10-17H2,1H3.